The molecule has 0 atom stereocenters. The van der Waals surface area contributed by atoms with Gasteiger partial charge in [0.15, 0.2) is 5.84 Å². The van der Waals surface area contributed by atoms with E-state index in [0.717, 1.165) is 23.1 Å². The Morgan fingerprint density at radius 1 is 1.43 bits per heavy atom. The van der Waals surface area contributed by atoms with Crippen LogP contribution in [0.4, 0.5) is 5.69 Å². The third-order valence-corrected chi connectivity index (χ3v) is 3.39. The number of pyridine rings is 1. The van der Waals surface area contributed by atoms with Crippen LogP contribution in [-0.2, 0) is 4.74 Å². The molecule has 0 amide bonds. The molecular formula is C15H20N4O2. The maximum atomic E-state index is 9.01. The molecule has 0 saturated heterocycles. The van der Waals surface area contributed by atoms with Gasteiger partial charge in [-0.15, -0.1) is 0 Å². The van der Waals surface area contributed by atoms with Crippen LogP contribution in [0.5, 0.6) is 0 Å². The van der Waals surface area contributed by atoms with Crippen molar-refractivity contribution in [3.8, 4) is 0 Å². The normalized spacial score (nSPS) is 11.8. The number of rotatable bonds is 6. The summed E-state index contributed by atoms with van der Waals surface area (Å²) >= 11 is 0. The molecule has 0 aliphatic heterocycles. The number of para-hydroxylation sites is 1. The van der Waals surface area contributed by atoms with Crippen molar-refractivity contribution in [2.24, 2.45) is 10.9 Å². The number of anilines is 1. The second kappa shape index (κ2) is 6.90. The minimum absolute atomic E-state index is 0.0547. The van der Waals surface area contributed by atoms with Crippen molar-refractivity contribution in [1.29, 1.82) is 0 Å². The molecule has 3 N–H and O–H groups in total. The molecule has 1 aromatic carbocycles. The average Bonchev–Trinajstić information content (AvgIpc) is 2.54. The summed E-state index contributed by atoms with van der Waals surface area (Å²) in [6.07, 6.45) is 1.64. The van der Waals surface area contributed by atoms with E-state index < -0.39 is 0 Å². The van der Waals surface area contributed by atoms with Gasteiger partial charge in [-0.1, -0.05) is 23.4 Å². The number of hydrogen-bond donors (Lipinski definition) is 2. The lowest BCUT2D eigenvalue weighted by Crippen LogP contribution is -2.30. The number of amidine groups is 1. The number of aromatic nitrogens is 1. The van der Waals surface area contributed by atoms with E-state index >= 15 is 0 Å². The van der Waals surface area contributed by atoms with Crippen LogP contribution in [-0.4, -0.2) is 42.8 Å². The summed E-state index contributed by atoms with van der Waals surface area (Å²) in [5, 5.41) is 13.1. The maximum Gasteiger partial charge on any atom is 0.173 e. The molecule has 6 heteroatoms. The number of hydrogen-bond acceptors (Lipinski definition) is 5. The van der Waals surface area contributed by atoms with Crippen molar-refractivity contribution in [1.82, 2.24) is 4.98 Å². The second-order valence-electron chi connectivity index (χ2n) is 4.60. The zero-order valence-corrected chi connectivity index (χ0v) is 12.3. The lowest BCUT2D eigenvalue weighted by atomic mass is 10.1. The second-order valence-corrected chi connectivity index (χ2v) is 4.60. The Balaban J connectivity index is 2.65. The standard InChI is InChI=1S/C15H20N4O2/c1-3-19(8-9-21-2)14-11-6-4-5-7-13(11)17-10-12(14)15(16)18-20/h4-7,10,20H,3,8-9H2,1-2H3,(H2,16,18). The van der Waals surface area contributed by atoms with E-state index in [4.69, 9.17) is 15.7 Å². The monoisotopic (exact) mass is 288 g/mol. The smallest absolute Gasteiger partial charge is 0.173 e. The van der Waals surface area contributed by atoms with Crippen LogP contribution in [0.1, 0.15) is 12.5 Å². The lowest BCUT2D eigenvalue weighted by molar-refractivity contribution is 0.205. The third-order valence-electron chi connectivity index (χ3n) is 3.39. The molecule has 1 heterocycles. The molecule has 0 aliphatic carbocycles. The number of benzene rings is 1. The van der Waals surface area contributed by atoms with Crippen molar-refractivity contribution in [3.05, 3.63) is 36.0 Å². The predicted octanol–water partition coefficient (Wildman–Crippen LogP) is 1.80. The van der Waals surface area contributed by atoms with Gasteiger partial charge in [0.2, 0.25) is 0 Å². The van der Waals surface area contributed by atoms with Crippen molar-refractivity contribution in [2.75, 3.05) is 31.7 Å². The van der Waals surface area contributed by atoms with Gasteiger partial charge in [0, 0.05) is 31.8 Å². The molecule has 0 bridgehead atoms. The van der Waals surface area contributed by atoms with E-state index in [-0.39, 0.29) is 5.84 Å². The summed E-state index contributed by atoms with van der Waals surface area (Å²) in [6, 6.07) is 7.82. The Kier molecular flexibility index (Phi) is 4.94. The van der Waals surface area contributed by atoms with Gasteiger partial charge in [0.05, 0.1) is 23.4 Å². The summed E-state index contributed by atoms with van der Waals surface area (Å²) in [4.78, 5) is 6.52. The Bertz CT molecular complexity index is 643. The first-order valence-electron chi connectivity index (χ1n) is 6.82. The van der Waals surface area contributed by atoms with E-state index in [2.05, 4.69) is 22.0 Å². The van der Waals surface area contributed by atoms with E-state index in [1.807, 2.05) is 24.3 Å². The Hall–Kier alpha value is -2.34. The number of nitrogens with zero attached hydrogens (tertiary/aromatic N) is 3. The minimum atomic E-state index is 0.0547. The maximum absolute atomic E-state index is 9.01. The fourth-order valence-corrected chi connectivity index (χ4v) is 2.34. The minimum Gasteiger partial charge on any atom is -0.409 e. The summed E-state index contributed by atoms with van der Waals surface area (Å²) < 4.78 is 5.17. The number of ether oxygens (including phenoxy) is 1. The molecule has 2 aromatic rings. The van der Waals surface area contributed by atoms with Gasteiger partial charge in [-0.25, -0.2) is 0 Å². The van der Waals surface area contributed by atoms with Crippen LogP contribution < -0.4 is 10.6 Å². The van der Waals surface area contributed by atoms with Crippen LogP contribution in [0.25, 0.3) is 10.9 Å². The highest BCUT2D eigenvalue weighted by Gasteiger charge is 2.17. The van der Waals surface area contributed by atoms with E-state index in [1.54, 1.807) is 13.3 Å². The summed E-state index contributed by atoms with van der Waals surface area (Å²) in [5.74, 6) is 0.0547. The molecule has 112 valence electrons. The summed E-state index contributed by atoms with van der Waals surface area (Å²) in [5.41, 5.74) is 8.21. The van der Waals surface area contributed by atoms with Gasteiger partial charge in [-0.3, -0.25) is 4.98 Å². The lowest BCUT2D eigenvalue weighted by Gasteiger charge is -2.26. The first-order chi connectivity index (χ1) is 10.2. The van der Waals surface area contributed by atoms with E-state index in [9.17, 15) is 0 Å². The van der Waals surface area contributed by atoms with E-state index in [0.29, 0.717) is 18.7 Å². The van der Waals surface area contributed by atoms with E-state index in [1.165, 1.54) is 0 Å². The van der Waals surface area contributed by atoms with Gasteiger partial charge < -0.3 is 20.6 Å². The number of oxime groups is 1. The molecule has 6 nitrogen and oxygen atoms in total. The van der Waals surface area contributed by atoms with Gasteiger partial charge in [-0.2, -0.15) is 0 Å². The average molecular weight is 288 g/mol. The summed E-state index contributed by atoms with van der Waals surface area (Å²) in [6.45, 7) is 4.15. The molecule has 0 aliphatic rings. The van der Waals surface area contributed by atoms with Gasteiger partial charge >= 0.3 is 0 Å². The largest absolute Gasteiger partial charge is 0.409 e. The zero-order valence-electron chi connectivity index (χ0n) is 12.3. The Labute approximate surface area is 123 Å². The van der Waals surface area contributed by atoms with Crippen LogP contribution >= 0.6 is 0 Å². The van der Waals surface area contributed by atoms with Crippen molar-refractivity contribution in [2.45, 2.75) is 6.92 Å². The predicted molar refractivity (Wildman–Crippen MR) is 84.0 cm³/mol. The SMILES string of the molecule is CCN(CCOC)c1c(C(N)=NO)cnc2ccccc12. The van der Waals surface area contributed by atoms with Gasteiger partial charge in [0.1, 0.15) is 0 Å². The first-order valence-corrected chi connectivity index (χ1v) is 6.82. The molecule has 2 rings (SSSR count). The Morgan fingerprint density at radius 2 is 2.19 bits per heavy atom. The van der Waals surface area contributed by atoms with Crippen LogP contribution in [0, 0.1) is 0 Å². The quantitative estimate of drug-likeness (QED) is 0.366. The molecule has 0 radical (unpaired) electrons. The zero-order chi connectivity index (χ0) is 15.2. The van der Waals surface area contributed by atoms with Crippen LogP contribution in [0.15, 0.2) is 35.6 Å². The molecule has 1 aromatic heterocycles. The van der Waals surface area contributed by atoms with Gasteiger partial charge in [0.25, 0.3) is 0 Å². The van der Waals surface area contributed by atoms with Crippen LogP contribution in [0.3, 0.4) is 0 Å². The highest BCUT2D eigenvalue weighted by Crippen LogP contribution is 2.29. The highest BCUT2D eigenvalue weighted by atomic mass is 16.5. The van der Waals surface area contributed by atoms with Crippen LogP contribution in [0.2, 0.25) is 0 Å². The number of likely N-dealkylation sites (N-methyl/N-ethyl adjacent to an activating group) is 1. The van der Waals surface area contributed by atoms with Crippen molar-refractivity contribution >= 4 is 22.4 Å². The molecule has 0 unspecified atom stereocenters. The highest BCUT2D eigenvalue weighted by molar-refractivity contribution is 6.08. The Morgan fingerprint density at radius 3 is 2.86 bits per heavy atom. The molecule has 0 saturated carbocycles. The first kappa shape index (κ1) is 15.1. The number of methoxy groups -OCH3 is 1. The molecule has 21 heavy (non-hydrogen) atoms. The number of fused-ring (bicyclic) bond motifs is 1. The fraction of sp³-hybridized carbons (Fsp3) is 0.333. The van der Waals surface area contributed by atoms with Crippen molar-refractivity contribution in [3.63, 3.8) is 0 Å². The van der Waals surface area contributed by atoms with Crippen molar-refractivity contribution < 1.29 is 9.94 Å². The fourth-order valence-electron chi connectivity index (χ4n) is 2.34. The molecular weight excluding hydrogens is 268 g/mol. The molecule has 0 spiro atoms. The topological polar surface area (TPSA) is 84.0 Å². The molecule has 0 fully saturated rings. The van der Waals surface area contributed by atoms with Gasteiger partial charge in [-0.05, 0) is 13.0 Å². The number of nitrogens with two attached hydrogens (primary N) is 1. The third kappa shape index (κ3) is 3.05. The summed E-state index contributed by atoms with van der Waals surface area (Å²) in [7, 11) is 1.67.